The van der Waals surface area contributed by atoms with Crippen LogP contribution >= 0.6 is 0 Å². The fourth-order valence-corrected chi connectivity index (χ4v) is 4.75. The molecule has 0 aliphatic heterocycles. The second-order valence-corrected chi connectivity index (χ2v) is 8.99. The van der Waals surface area contributed by atoms with Crippen LogP contribution in [0.15, 0.2) is 61.1 Å². The van der Waals surface area contributed by atoms with Gasteiger partial charge in [0.25, 0.3) is 0 Å². The third-order valence-electron chi connectivity index (χ3n) is 6.71. The van der Waals surface area contributed by atoms with E-state index in [0.29, 0.717) is 18.7 Å². The lowest BCUT2D eigenvalue weighted by molar-refractivity contribution is -0.142. The summed E-state index contributed by atoms with van der Waals surface area (Å²) in [6.45, 7) is 0.523. The lowest BCUT2D eigenvalue weighted by Gasteiger charge is -2.15. The minimum atomic E-state index is -1.11. The molecule has 4 N–H and O–H groups in total. The predicted octanol–water partition coefficient (Wildman–Crippen LogP) is 2.70. The maximum atomic E-state index is 12.5. The predicted molar refractivity (Wildman–Crippen MR) is 127 cm³/mol. The Labute approximate surface area is 201 Å². The van der Waals surface area contributed by atoms with Gasteiger partial charge in [0.2, 0.25) is 5.91 Å². The first kappa shape index (κ1) is 22.6. The molecule has 1 fully saturated rings. The van der Waals surface area contributed by atoms with Crippen molar-refractivity contribution in [1.82, 2.24) is 20.6 Å². The Morgan fingerprint density at radius 1 is 1.09 bits per heavy atom. The average Bonchev–Trinajstić information content (AvgIpc) is 3.32. The van der Waals surface area contributed by atoms with E-state index in [2.05, 4.69) is 44.9 Å². The van der Waals surface area contributed by atoms with E-state index in [4.69, 9.17) is 4.74 Å². The highest BCUT2D eigenvalue weighted by Crippen LogP contribution is 2.44. The summed E-state index contributed by atoms with van der Waals surface area (Å²) in [6, 6.07) is 15.2. The van der Waals surface area contributed by atoms with Crippen molar-refractivity contribution in [3.05, 3.63) is 77.9 Å². The van der Waals surface area contributed by atoms with Crippen molar-refractivity contribution >= 4 is 18.0 Å². The quantitative estimate of drug-likeness (QED) is 0.377. The minimum absolute atomic E-state index is 0.0181. The molecule has 180 valence electrons. The molecule has 0 radical (unpaired) electrons. The minimum Gasteiger partial charge on any atom is -0.480 e. The third kappa shape index (κ3) is 4.89. The normalized spacial score (nSPS) is 18.7. The number of nitrogens with zero attached hydrogens (tertiary/aromatic N) is 1. The average molecular weight is 475 g/mol. The van der Waals surface area contributed by atoms with Crippen LogP contribution in [-0.2, 0) is 20.7 Å². The number of aromatic nitrogens is 2. The Hall–Kier alpha value is -4.14. The number of imidazole rings is 1. The number of fused-ring (bicyclic) bond motifs is 3. The van der Waals surface area contributed by atoms with E-state index < -0.39 is 18.1 Å². The summed E-state index contributed by atoms with van der Waals surface area (Å²) in [5.41, 5.74) is 5.24. The Kier molecular flexibility index (Phi) is 6.22. The number of rotatable bonds is 9. The van der Waals surface area contributed by atoms with E-state index in [1.165, 1.54) is 12.5 Å². The van der Waals surface area contributed by atoms with E-state index in [9.17, 15) is 19.5 Å². The number of carbonyl (C=O) groups excluding carboxylic acids is 2. The fraction of sp³-hybridized carbons (Fsp3) is 0.308. The van der Waals surface area contributed by atoms with Crippen molar-refractivity contribution in [2.75, 3.05) is 13.2 Å². The van der Waals surface area contributed by atoms with Gasteiger partial charge in [0.1, 0.15) is 12.6 Å². The number of nitrogens with one attached hydrogen (secondary N) is 3. The second-order valence-electron chi connectivity index (χ2n) is 8.99. The first-order valence-electron chi connectivity index (χ1n) is 11.6. The van der Waals surface area contributed by atoms with E-state index in [1.807, 2.05) is 24.3 Å². The van der Waals surface area contributed by atoms with Crippen molar-refractivity contribution in [1.29, 1.82) is 0 Å². The molecule has 2 aromatic carbocycles. The highest BCUT2D eigenvalue weighted by molar-refractivity contribution is 5.87. The SMILES string of the molecule is O=C(NC[C@@H]1C[C@@H]1C(=O)N[C@H](Cc1cnc[nH]1)C(=O)O)OCC1c2ccccc2-c2ccccc21. The largest absolute Gasteiger partial charge is 0.480 e. The lowest BCUT2D eigenvalue weighted by Crippen LogP contribution is -2.43. The Morgan fingerprint density at radius 3 is 2.40 bits per heavy atom. The molecule has 1 heterocycles. The molecule has 3 aromatic rings. The zero-order valence-electron chi connectivity index (χ0n) is 18.9. The molecule has 2 amide bonds. The molecule has 1 saturated carbocycles. The van der Waals surface area contributed by atoms with Gasteiger partial charge < -0.3 is 25.5 Å². The van der Waals surface area contributed by atoms with Crippen molar-refractivity contribution in [3.63, 3.8) is 0 Å². The number of carboxylic acids is 1. The van der Waals surface area contributed by atoms with Gasteiger partial charge in [-0.05, 0) is 34.6 Å². The summed E-state index contributed by atoms with van der Waals surface area (Å²) in [4.78, 5) is 43.1. The zero-order chi connectivity index (χ0) is 24.4. The molecule has 0 bridgehead atoms. The number of alkyl carbamates (subject to hydrolysis) is 1. The van der Waals surface area contributed by atoms with Crippen LogP contribution in [0.1, 0.15) is 29.2 Å². The number of ether oxygens (including phenoxy) is 1. The number of H-pyrrole nitrogens is 1. The van der Waals surface area contributed by atoms with Gasteiger partial charge in [-0.1, -0.05) is 48.5 Å². The van der Waals surface area contributed by atoms with Gasteiger partial charge in [0, 0.05) is 36.7 Å². The summed E-state index contributed by atoms with van der Waals surface area (Å²) in [7, 11) is 0. The molecule has 9 nitrogen and oxygen atoms in total. The van der Waals surface area contributed by atoms with E-state index in [0.717, 1.165) is 22.3 Å². The maximum Gasteiger partial charge on any atom is 0.407 e. The highest BCUT2D eigenvalue weighted by atomic mass is 16.5. The van der Waals surface area contributed by atoms with Gasteiger partial charge in [-0.3, -0.25) is 4.79 Å². The topological polar surface area (TPSA) is 133 Å². The molecule has 3 atom stereocenters. The molecule has 9 heteroatoms. The molecule has 1 aromatic heterocycles. The number of aliphatic carboxylic acids is 1. The molecule has 35 heavy (non-hydrogen) atoms. The Bertz CT molecular complexity index is 1200. The first-order valence-corrected chi connectivity index (χ1v) is 11.6. The van der Waals surface area contributed by atoms with Gasteiger partial charge in [0.05, 0.1) is 6.33 Å². The van der Waals surface area contributed by atoms with E-state index in [-0.39, 0.29) is 36.7 Å². The Morgan fingerprint density at radius 2 is 1.77 bits per heavy atom. The summed E-state index contributed by atoms with van der Waals surface area (Å²) in [5.74, 6) is -1.82. The van der Waals surface area contributed by atoms with Gasteiger partial charge >= 0.3 is 12.1 Å². The second kappa shape index (κ2) is 9.61. The number of carboxylic acid groups (broad SMARTS) is 1. The summed E-state index contributed by atoms with van der Waals surface area (Å²) < 4.78 is 5.53. The van der Waals surface area contributed by atoms with Crippen LogP contribution in [0.3, 0.4) is 0 Å². The molecule has 0 unspecified atom stereocenters. The number of carbonyl (C=O) groups is 3. The smallest absolute Gasteiger partial charge is 0.407 e. The summed E-state index contributed by atoms with van der Waals surface area (Å²) >= 11 is 0. The van der Waals surface area contributed by atoms with Crippen LogP contribution in [0, 0.1) is 11.8 Å². The van der Waals surface area contributed by atoms with Crippen LogP contribution in [0.4, 0.5) is 4.79 Å². The molecular formula is C26H26N4O5. The number of hydrogen-bond donors (Lipinski definition) is 4. The van der Waals surface area contributed by atoms with E-state index in [1.54, 1.807) is 0 Å². The van der Waals surface area contributed by atoms with Crippen LogP contribution < -0.4 is 10.6 Å². The molecule has 0 spiro atoms. The van der Waals surface area contributed by atoms with Crippen LogP contribution in [0.25, 0.3) is 11.1 Å². The number of hydrogen-bond acceptors (Lipinski definition) is 5. The first-order chi connectivity index (χ1) is 17.0. The lowest BCUT2D eigenvalue weighted by atomic mass is 9.98. The molecular weight excluding hydrogens is 448 g/mol. The van der Waals surface area contributed by atoms with Crippen molar-refractivity contribution in [2.24, 2.45) is 11.8 Å². The summed E-state index contributed by atoms with van der Waals surface area (Å²) in [5, 5.41) is 14.7. The van der Waals surface area contributed by atoms with Crippen LogP contribution in [0.2, 0.25) is 0 Å². The van der Waals surface area contributed by atoms with Crippen molar-refractivity contribution < 1.29 is 24.2 Å². The number of aromatic amines is 1. The zero-order valence-corrected chi connectivity index (χ0v) is 18.9. The maximum absolute atomic E-state index is 12.5. The molecule has 5 rings (SSSR count). The highest BCUT2D eigenvalue weighted by Gasteiger charge is 2.44. The standard InChI is InChI=1S/C26H26N4O5/c31-24(30-23(25(32)33)10-16-12-27-14-29-16)21-9-15(21)11-28-26(34)35-13-22-19-7-3-1-5-17(19)18-6-2-4-8-20(18)22/h1-8,12,14-15,21-23H,9-11,13H2,(H,27,29)(H,28,34)(H,30,31)(H,32,33)/t15-,21-,23+/m0/s1. The van der Waals surface area contributed by atoms with Gasteiger partial charge in [-0.15, -0.1) is 0 Å². The van der Waals surface area contributed by atoms with Crippen LogP contribution in [-0.4, -0.2) is 52.2 Å². The fourth-order valence-electron chi connectivity index (χ4n) is 4.75. The monoisotopic (exact) mass is 474 g/mol. The van der Waals surface area contributed by atoms with Crippen molar-refractivity contribution in [2.45, 2.75) is 24.8 Å². The Balaban J connectivity index is 1.09. The van der Waals surface area contributed by atoms with E-state index >= 15 is 0 Å². The van der Waals surface area contributed by atoms with Crippen molar-refractivity contribution in [3.8, 4) is 11.1 Å². The molecule has 2 aliphatic rings. The van der Waals surface area contributed by atoms with Crippen LogP contribution in [0.5, 0.6) is 0 Å². The molecule has 2 aliphatic carbocycles. The van der Waals surface area contributed by atoms with Gasteiger partial charge in [-0.2, -0.15) is 0 Å². The number of amides is 2. The number of benzene rings is 2. The van der Waals surface area contributed by atoms with Gasteiger partial charge in [-0.25, -0.2) is 14.6 Å². The molecule has 0 saturated heterocycles. The summed E-state index contributed by atoms with van der Waals surface area (Å²) in [6.07, 6.45) is 3.17. The van der Waals surface area contributed by atoms with Gasteiger partial charge in [0.15, 0.2) is 0 Å². The third-order valence-corrected chi connectivity index (χ3v) is 6.71.